The predicted octanol–water partition coefficient (Wildman–Crippen LogP) is 2.79. The first-order valence-electron chi connectivity index (χ1n) is 9.70. The van der Waals surface area contributed by atoms with E-state index in [9.17, 15) is 14.5 Å². The summed E-state index contributed by atoms with van der Waals surface area (Å²) in [6, 6.07) is 10.8. The fourth-order valence-electron chi connectivity index (χ4n) is 4.04. The molecular weight excluding hydrogens is 378 g/mol. The highest BCUT2D eigenvalue weighted by Crippen LogP contribution is 2.31. The van der Waals surface area contributed by atoms with Crippen LogP contribution in [0.25, 0.3) is 10.8 Å². The van der Waals surface area contributed by atoms with Crippen molar-refractivity contribution in [1.29, 1.82) is 0 Å². The SMILES string of the molecule is COC(=O)[C@@H]1C[C@@H](O)CN1[S+]([O-])c1ccc2cc(OC3CCCC3)ccc2c1. The Balaban J connectivity index is 1.54. The van der Waals surface area contributed by atoms with E-state index in [1.54, 1.807) is 6.07 Å². The number of benzene rings is 2. The molecule has 0 aromatic heterocycles. The number of carbonyl (C=O) groups excluding carboxylic acids is 1. The van der Waals surface area contributed by atoms with Crippen LogP contribution in [0.15, 0.2) is 41.3 Å². The Hall–Kier alpha value is -1.80. The third-order valence-electron chi connectivity index (χ3n) is 5.51. The summed E-state index contributed by atoms with van der Waals surface area (Å²) < 4.78 is 25.4. The summed E-state index contributed by atoms with van der Waals surface area (Å²) in [5.41, 5.74) is 0. The molecule has 3 atom stereocenters. The van der Waals surface area contributed by atoms with Gasteiger partial charge in [-0.05, 0) is 60.7 Å². The topological polar surface area (TPSA) is 82.1 Å². The monoisotopic (exact) mass is 403 g/mol. The van der Waals surface area contributed by atoms with Gasteiger partial charge in [-0.25, -0.2) is 0 Å². The molecule has 0 amide bonds. The number of methoxy groups -OCH3 is 1. The van der Waals surface area contributed by atoms with E-state index >= 15 is 0 Å². The van der Waals surface area contributed by atoms with Crippen molar-refractivity contribution >= 4 is 28.1 Å². The van der Waals surface area contributed by atoms with Crippen LogP contribution in [0.3, 0.4) is 0 Å². The molecule has 4 rings (SSSR count). The van der Waals surface area contributed by atoms with Crippen molar-refractivity contribution in [2.24, 2.45) is 0 Å². The van der Waals surface area contributed by atoms with Crippen molar-refractivity contribution in [3.63, 3.8) is 0 Å². The zero-order valence-electron chi connectivity index (χ0n) is 15.9. The second-order valence-corrected chi connectivity index (χ2v) is 8.91. The lowest BCUT2D eigenvalue weighted by Gasteiger charge is -2.23. The summed E-state index contributed by atoms with van der Waals surface area (Å²) in [6.45, 7) is 0.179. The number of ether oxygens (including phenoxy) is 2. The van der Waals surface area contributed by atoms with Crippen molar-refractivity contribution in [3.8, 4) is 5.75 Å². The van der Waals surface area contributed by atoms with Crippen molar-refractivity contribution in [2.75, 3.05) is 13.7 Å². The molecule has 7 heteroatoms. The summed E-state index contributed by atoms with van der Waals surface area (Å²) in [7, 11) is 1.30. The van der Waals surface area contributed by atoms with Gasteiger partial charge in [0.05, 0.1) is 37.2 Å². The first-order chi connectivity index (χ1) is 13.5. The van der Waals surface area contributed by atoms with Crippen molar-refractivity contribution in [1.82, 2.24) is 4.31 Å². The van der Waals surface area contributed by atoms with Crippen molar-refractivity contribution in [3.05, 3.63) is 36.4 Å². The molecule has 28 heavy (non-hydrogen) atoms. The summed E-state index contributed by atoms with van der Waals surface area (Å²) >= 11 is -1.56. The van der Waals surface area contributed by atoms with Gasteiger partial charge < -0.3 is 19.1 Å². The van der Waals surface area contributed by atoms with Gasteiger partial charge in [0.2, 0.25) is 0 Å². The van der Waals surface area contributed by atoms with E-state index in [1.807, 2.05) is 30.3 Å². The van der Waals surface area contributed by atoms with Crippen LogP contribution >= 0.6 is 0 Å². The van der Waals surface area contributed by atoms with E-state index in [0.29, 0.717) is 11.0 Å². The maximum absolute atomic E-state index is 13.1. The number of hydrogen-bond acceptors (Lipinski definition) is 6. The highest BCUT2D eigenvalue weighted by Gasteiger charge is 2.44. The van der Waals surface area contributed by atoms with Crippen LogP contribution in [0.2, 0.25) is 0 Å². The Kier molecular flexibility index (Phi) is 5.78. The quantitative estimate of drug-likeness (QED) is 0.611. The molecule has 2 fully saturated rings. The maximum Gasteiger partial charge on any atom is 0.327 e. The number of β-amino-alcohol motifs (C(OH)–C–C–N with tert-alkyl or cyclic N) is 1. The Bertz CT molecular complexity index is 854. The minimum Gasteiger partial charge on any atom is -0.593 e. The number of aliphatic hydroxyl groups is 1. The fourth-order valence-corrected chi connectivity index (χ4v) is 5.43. The Morgan fingerprint density at radius 1 is 1.18 bits per heavy atom. The molecule has 1 N–H and O–H groups in total. The lowest BCUT2D eigenvalue weighted by Crippen LogP contribution is -2.41. The van der Waals surface area contributed by atoms with Crippen LogP contribution in [0, 0.1) is 0 Å². The molecule has 2 aromatic carbocycles. The minimum absolute atomic E-state index is 0.179. The number of carbonyl (C=O) groups is 1. The number of nitrogens with zero attached hydrogens (tertiary/aromatic N) is 1. The average Bonchev–Trinajstić information content (AvgIpc) is 3.36. The second-order valence-electron chi connectivity index (χ2n) is 7.47. The molecule has 1 unspecified atom stereocenters. The zero-order chi connectivity index (χ0) is 19.7. The molecular formula is C21H25NO5S. The molecule has 150 valence electrons. The molecule has 1 heterocycles. The molecule has 1 saturated heterocycles. The van der Waals surface area contributed by atoms with Gasteiger partial charge in [0.25, 0.3) is 0 Å². The molecule has 1 aliphatic heterocycles. The summed E-state index contributed by atoms with van der Waals surface area (Å²) in [5.74, 6) is 0.390. The average molecular weight is 404 g/mol. The number of fused-ring (bicyclic) bond motifs is 1. The second kappa shape index (κ2) is 8.29. The number of aliphatic hydroxyl groups excluding tert-OH is 1. The van der Waals surface area contributed by atoms with Crippen LogP contribution < -0.4 is 4.74 Å². The van der Waals surface area contributed by atoms with Crippen LogP contribution in [0.5, 0.6) is 5.75 Å². The maximum atomic E-state index is 13.1. The first kappa shape index (κ1) is 19.5. The van der Waals surface area contributed by atoms with E-state index < -0.39 is 29.5 Å². The van der Waals surface area contributed by atoms with Crippen LogP contribution in [-0.4, -0.2) is 51.8 Å². The Morgan fingerprint density at radius 3 is 2.64 bits per heavy atom. The van der Waals surface area contributed by atoms with E-state index in [4.69, 9.17) is 9.47 Å². The molecule has 1 saturated carbocycles. The molecule has 0 radical (unpaired) electrons. The first-order valence-corrected chi connectivity index (χ1v) is 10.8. The third-order valence-corrected chi connectivity index (χ3v) is 7.00. The smallest absolute Gasteiger partial charge is 0.327 e. The standard InChI is InChI=1S/C21H25NO5S/c1-26-21(24)20-12-16(23)13-22(20)28(25)19-9-7-14-10-18(8-6-15(14)11-19)27-17-4-2-3-5-17/h6-11,16-17,20,23H,2-5,12-13H2,1H3/t16-,20+,28?/m1/s1. The van der Waals surface area contributed by atoms with Crippen molar-refractivity contribution < 1.29 is 23.9 Å². The number of esters is 1. The van der Waals surface area contributed by atoms with Gasteiger partial charge in [-0.1, -0.05) is 6.07 Å². The Labute approximate surface area is 167 Å². The Morgan fingerprint density at radius 2 is 1.89 bits per heavy atom. The summed E-state index contributed by atoms with van der Waals surface area (Å²) in [5, 5.41) is 11.9. The van der Waals surface area contributed by atoms with E-state index in [2.05, 4.69) is 0 Å². The highest BCUT2D eigenvalue weighted by atomic mass is 32.2. The minimum atomic E-state index is -1.56. The van der Waals surface area contributed by atoms with Gasteiger partial charge >= 0.3 is 5.97 Å². The molecule has 0 spiro atoms. The van der Waals surface area contributed by atoms with E-state index in [-0.39, 0.29) is 13.0 Å². The van der Waals surface area contributed by atoms with Gasteiger partial charge in [-0.2, -0.15) is 0 Å². The number of hydrogen-bond donors (Lipinski definition) is 1. The molecule has 2 aromatic rings. The van der Waals surface area contributed by atoms with Crippen LogP contribution in [0.4, 0.5) is 0 Å². The summed E-state index contributed by atoms with van der Waals surface area (Å²) in [6.07, 6.45) is 4.52. The van der Waals surface area contributed by atoms with Gasteiger partial charge in [-0.15, -0.1) is 4.31 Å². The third kappa shape index (κ3) is 3.98. The van der Waals surface area contributed by atoms with E-state index in [1.165, 1.54) is 24.3 Å². The lowest BCUT2D eigenvalue weighted by molar-refractivity contribution is -0.144. The largest absolute Gasteiger partial charge is 0.593 e. The number of rotatable bonds is 5. The van der Waals surface area contributed by atoms with Gasteiger partial charge in [0.1, 0.15) is 5.75 Å². The zero-order valence-corrected chi connectivity index (χ0v) is 16.7. The molecule has 0 bridgehead atoms. The lowest BCUT2D eigenvalue weighted by atomic mass is 10.1. The van der Waals surface area contributed by atoms with Crippen LogP contribution in [0.1, 0.15) is 32.1 Å². The fraction of sp³-hybridized carbons (Fsp3) is 0.476. The van der Waals surface area contributed by atoms with Crippen LogP contribution in [-0.2, 0) is 20.9 Å². The predicted molar refractivity (Wildman–Crippen MR) is 106 cm³/mol. The normalized spacial score (nSPS) is 24.5. The van der Waals surface area contributed by atoms with Crippen molar-refractivity contribution in [2.45, 2.75) is 55.2 Å². The van der Waals surface area contributed by atoms with Gasteiger partial charge in [0.15, 0.2) is 10.9 Å². The molecule has 6 nitrogen and oxygen atoms in total. The summed E-state index contributed by atoms with van der Waals surface area (Å²) in [4.78, 5) is 12.6. The van der Waals surface area contributed by atoms with Gasteiger partial charge in [-0.3, -0.25) is 4.79 Å². The highest BCUT2D eigenvalue weighted by molar-refractivity contribution is 7.89. The molecule has 1 aliphatic carbocycles. The van der Waals surface area contributed by atoms with E-state index in [0.717, 1.165) is 29.4 Å². The molecule has 2 aliphatic rings. The van der Waals surface area contributed by atoms with Gasteiger partial charge in [0, 0.05) is 12.5 Å².